The van der Waals surface area contributed by atoms with Crippen LogP contribution in [0.2, 0.25) is 10.0 Å². The van der Waals surface area contributed by atoms with Crippen molar-refractivity contribution in [3.63, 3.8) is 0 Å². The van der Waals surface area contributed by atoms with Crippen LogP contribution < -0.4 is 5.32 Å². The van der Waals surface area contributed by atoms with Crippen molar-refractivity contribution in [1.29, 1.82) is 0 Å². The Kier molecular flexibility index (Phi) is 6.79. The van der Waals surface area contributed by atoms with Gasteiger partial charge in [0.1, 0.15) is 19.2 Å². The lowest BCUT2D eigenvalue weighted by molar-refractivity contribution is -0.116. The highest BCUT2D eigenvalue weighted by Crippen LogP contribution is 2.25. The third-order valence-electron chi connectivity index (χ3n) is 3.97. The summed E-state index contributed by atoms with van der Waals surface area (Å²) in [5.74, 6) is -0.110. The van der Waals surface area contributed by atoms with Crippen LogP contribution in [0.4, 0.5) is 5.69 Å². The van der Waals surface area contributed by atoms with Crippen molar-refractivity contribution < 1.29 is 9.59 Å². The minimum absolute atomic E-state index is 0.115. The number of carbonyl (C=O) groups is 2. The molecule has 3 aromatic rings. The number of nitrogens with zero attached hydrogens (tertiary/aromatic N) is 5. The predicted molar refractivity (Wildman–Crippen MR) is 110 cm³/mol. The first-order valence-electron chi connectivity index (χ1n) is 8.83. The standard InChI is InChI=1S/C19H18Cl2N6O2/c1-2-7-26(10-18(28)25-16-5-4-14(20)8-15(16)21)19(29)13-3-6-17(23-9-13)27-12-22-11-24-27/h3-6,8-9,11-12H,2,7,10H2,1H3,(H,25,28). The number of carbonyl (C=O) groups excluding carboxylic acids is 2. The second kappa shape index (κ2) is 9.49. The maximum atomic E-state index is 12.9. The molecule has 2 amide bonds. The fraction of sp³-hybridized carbons (Fsp3) is 0.211. The fourth-order valence-electron chi connectivity index (χ4n) is 2.63. The lowest BCUT2D eigenvalue weighted by atomic mass is 10.2. The third kappa shape index (κ3) is 5.30. The number of aromatic nitrogens is 4. The number of anilines is 1. The van der Waals surface area contributed by atoms with Gasteiger partial charge in [0, 0.05) is 17.8 Å². The van der Waals surface area contributed by atoms with Gasteiger partial charge >= 0.3 is 0 Å². The normalized spacial score (nSPS) is 10.6. The number of amides is 2. The summed E-state index contributed by atoms with van der Waals surface area (Å²) in [4.78, 5) is 34.9. The van der Waals surface area contributed by atoms with Crippen LogP contribution in [0.5, 0.6) is 0 Å². The summed E-state index contributed by atoms with van der Waals surface area (Å²) in [6, 6.07) is 8.08. The molecular weight excluding hydrogens is 415 g/mol. The quantitative estimate of drug-likeness (QED) is 0.616. The number of halogens is 2. The van der Waals surface area contributed by atoms with Gasteiger partial charge in [0.05, 0.1) is 16.3 Å². The maximum absolute atomic E-state index is 12.9. The van der Waals surface area contributed by atoms with Crippen LogP contribution in [0.25, 0.3) is 5.82 Å². The Morgan fingerprint density at radius 2 is 2.03 bits per heavy atom. The fourth-order valence-corrected chi connectivity index (χ4v) is 3.09. The van der Waals surface area contributed by atoms with Gasteiger partial charge in [-0.15, -0.1) is 0 Å². The Morgan fingerprint density at radius 3 is 2.66 bits per heavy atom. The lowest BCUT2D eigenvalue weighted by Crippen LogP contribution is -2.38. The van der Waals surface area contributed by atoms with Crippen molar-refractivity contribution in [2.24, 2.45) is 0 Å². The molecule has 1 N–H and O–H groups in total. The van der Waals surface area contributed by atoms with E-state index in [1.54, 1.807) is 24.3 Å². The van der Waals surface area contributed by atoms with Crippen LogP contribution in [0.1, 0.15) is 23.7 Å². The van der Waals surface area contributed by atoms with Crippen LogP contribution >= 0.6 is 23.2 Å². The zero-order valence-electron chi connectivity index (χ0n) is 15.5. The Balaban J connectivity index is 1.69. The number of hydrogen-bond acceptors (Lipinski definition) is 5. The molecule has 10 heteroatoms. The van der Waals surface area contributed by atoms with E-state index in [0.717, 1.165) is 0 Å². The molecule has 2 heterocycles. The average Bonchev–Trinajstić information content (AvgIpc) is 3.24. The molecule has 0 fully saturated rings. The molecule has 0 bridgehead atoms. The van der Waals surface area contributed by atoms with Crippen LogP contribution in [0, 0.1) is 0 Å². The zero-order chi connectivity index (χ0) is 20.8. The van der Waals surface area contributed by atoms with Crippen molar-refractivity contribution in [3.05, 3.63) is 64.8 Å². The first-order chi connectivity index (χ1) is 14.0. The molecule has 0 radical (unpaired) electrons. The number of hydrogen-bond donors (Lipinski definition) is 1. The Hall–Kier alpha value is -2.97. The highest BCUT2D eigenvalue weighted by molar-refractivity contribution is 6.36. The van der Waals surface area contributed by atoms with Crippen molar-refractivity contribution >= 4 is 40.7 Å². The van der Waals surface area contributed by atoms with Gasteiger partial charge in [0.15, 0.2) is 5.82 Å². The molecule has 0 aliphatic rings. The molecule has 0 aliphatic carbocycles. The van der Waals surface area contributed by atoms with Crippen LogP contribution in [0.15, 0.2) is 49.2 Å². The largest absolute Gasteiger partial charge is 0.329 e. The van der Waals surface area contributed by atoms with Crippen molar-refractivity contribution in [2.75, 3.05) is 18.4 Å². The summed E-state index contributed by atoms with van der Waals surface area (Å²) < 4.78 is 1.49. The Morgan fingerprint density at radius 1 is 1.21 bits per heavy atom. The monoisotopic (exact) mass is 432 g/mol. The molecule has 0 aliphatic heterocycles. The summed E-state index contributed by atoms with van der Waals surface area (Å²) >= 11 is 12.0. The molecule has 29 heavy (non-hydrogen) atoms. The van der Waals surface area contributed by atoms with Crippen LogP contribution in [-0.4, -0.2) is 49.6 Å². The lowest BCUT2D eigenvalue weighted by Gasteiger charge is -2.22. The molecule has 0 unspecified atom stereocenters. The Labute approximate surface area is 177 Å². The molecule has 150 valence electrons. The molecular formula is C19H18Cl2N6O2. The van der Waals surface area contributed by atoms with Gasteiger partial charge < -0.3 is 10.2 Å². The number of benzene rings is 1. The van der Waals surface area contributed by atoms with Crippen LogP contribution in [0.3, 0.4) is 0 Å². The van der Waals surface area contributed by atoms with E-state index < -0.39 is 0 Å². The summed E-state index contributed by atoms with van der Waals surface area (Å²) in [7, 11) is 0. The van der Waals surface area contributed by atoms with E-state index >= 15 is 0 Å². The second-order valence-electron chi connectivity index (χ2n) is 6.14. The molecule has 0 atom stereocenters. The minimum Gasteiger partial charge on any atom is -0.329 e. The molecule has 1 aromatic carbocycles. The molecule has 0 saturated carbocycles. The van der Waals surface area contributed by atoms with Crippen molar-refractivity contribution in [2.45, 2.75) is 13.3 Å². The molecule has 0 spiro atoms. The summed E-state index contributed by atoms with van der Waals surface area (Å²) in [6.45, 7) is 2.24. The van der Waals surface area contributed by atoms with E-state index in [0.29, 0.717) is 40.1 Å². The maximum Gasteiger partial charge on any atom is 0.255 e. The van der Waals surface area contributed by atoms with Crippen molar-refractivity contribution in [1.82, 2.24) is 24.6 Å². The first-order valence-corrected chi connectivity index (χ1v) is 9.58. The summed E-state index contributed by atoms with van der Waals surface area (Å²) in [5, 5.41) is 7.49. The van der Waals surface area contributed by atoms with E-state index in [-0.39, 0.29) is 18.4 Å². The second-order valence-corrected chi connectivity index (χ2v) is 6.99. The highest BCUT2D eigenvalue weighted by atomic mass is 35.5. The van der Waals surface area contributed by atoms with Gasteiger partial charge in [-0.1, -0.05) is 30.1 Å². The molecule has 8 nitrogen and oxygen atoms in total. The SMILES string of the molecule is CCCN(CC(=O)Nc1ccc(Cl)cc1Cl)C(=O)c1ccc(-n2cncn2)nc1. The number of rotatable bonds is 7. The topological polar surface area (TPSA) is 93.0 Å². The predicted octanol–water partition coefficient (Wildman–Crippen LogP) is 3.46. The van der Waals surface area contributed by atoms with Gasteiger partial charge in [-0.2, -0.15) is 5.10 Å². The highest BCUT2D eigenvalue weighted by Gasteiger charge is 2.19. The minimum atomic E-state index is -0.358. The Bertz CT molecular complexity index is 992. The van der Waals surface area contributed by atoms with E-state index in [1.165, 1.54) is 34.5 Å². The van der Waals surface area contributed by atoms with E-state index in [2.05, 4.69) is 20.4 Å². The molecule has 3 rings (SSSR count). The van der Waals surface area contributed by atoms with Gasteiger partial charge in [-0.05, 0) is 36.8 Å². The van der Waals surface area contributed by atoms with Gasteiger partial charge in [0.25, 0.3) is 5.91 Å². The number of pyridine rings is 1. The van der Waals surface area contributed by atoms with Crippen LogP contribution in [-0.2, 0) is 4.79 Å². The number of nitrogens with one attached hydrogen (secondary N) is 1. The molecule has 2 aromatic heterocycles. The van der Waals surface area contributed by atoms with Gasteiger partial charge in [0.2, 0.25) is 5.91 Å². The third-order valence-corrected chi connectivity index (χ3v) is 4.52. The summed E-state index contributed by atoms with van der Waals surface area (Å²) in [6.07, 6.45) is 5.07. The average molecular weight is 433 g/mol. The summed E-state index contributed by atoms with van der Waals surface area (Å²) in [5.41, 5.74) is 0.809. The van der Waals surface area contributed by atoms with Gasteiger partial charge in [-0.25, -0.2) is 14.6 Å². The van der Waals surface area contributed by atoms with Gasteiger partial charge in [-0.3, -0.25) is 9.59 Å². The van der Waals surface area contributed by atoms with E-state index in [4.69, 9.17) is 23.2 Å². The zero-order valence-corrected chi connectivity index (χ0v) is 17.1. The van der Waals surface area contributed by atoms with Crippen molar-refractivity contribution in [3.8, 4) is 5.82 Å². The molecule has 0 saturated heterocycles. The van der Waals surface area contributed by atoms with E-state index in [1.807, 2.05) is 6.92 Å². The smallest absolute Gasteiger partial charge is 0.255 e. The first kappa shape index (κ1) is 20.8. The van der Waals surface area contributed by atoms with E-state index in [9.17, 15) is 9.59 Å².